The third kappa shape index (κ3) is 3.95. The van der Waals surface area contributed by atoms with Gasteiger partial charge in [-0.3, -0.25) is 0 Å². The fraction of sp³-hybridized carbons (Fsp3) is 0.250. The van der Waals surface area contributed by atoms with Crippen molar-refractivity contribution in [3.63, 3.8) is 0 Å². The van der Waals surface area contributed by atoms with Gasteiger partial charge < -0.3 is 5.32 Å². The van der Waals surface area contributed by atoms with Gasteiger partial charge in [0.15, 0.2) is 0 Å². The van der Waals surface area contributed by atoms with Gasteiger partial charge in [-0.05, 0) is 34.9 Å². The molecule has 0 saturated carbocycles. The highest BCUT2D eigenvalue weighted by Gasteiger charge is 2.08. The van der Waals surface area contributed by atoms with E-state index < -0.39 is 0 Å². The molecule has 1 nitrogen and oxygen atoms in total. The molecule has 90 valence electrons. The Labute approximate surface area is 105 Å². The first-order valence-electron chi connectivity index (χ1n) is 5.95. The number of hydrogen-bond acceptors (Lipinski definition) is 1. The molecule has 0 fully saturated rings. The van der Waals surface area contributed by atoms with E-state index in [1.54, 1.807) is 0 Å². The predicted octanol–water partition coefficient (Wildman–Crippen LogP) is 4.02. The first-order chi connectivity index (χ1) is 8.16. The van der Waals surface area contributed by atoms with Gasteiger partial charge in [0.2, 0.25) is 0 Å². The van der Waals surface area contributed by atoms with Crippen molar-refractivity contribution in [2.45, 2.75) is 13.8 Å². The summed E-state index contributed by atoms with van der Waals surface area (Å²) in [6.07, 6.45) is 6.06. The second-order valence-corrected chi connectivity index (χ2v) is 4.27. The monoisotopic (exact) mass is 227 g/mol. The average molecular weight is 227 g/mol. The zero-order valence-electron chi connectivity index (χ0n) is 10.9. The van der Waals surface area contributed by atoms with E-state index in [0.29, 0.717) is 5.92 Å². The summed E-state index contributed by atoms with van der Waals surface area (Å²) in [5, 5.41) is 2.99. The van der Waals surface area contributed by atoms with Gasteiger partial charge >= 0.3 is 0 Å². The van der Waals surface area contributed by atoms with E-state index in [9.17, 15) is 0 Å². The Morgan fingerprint density at radius 3 is 2.41 bits per heavy atom. The SMILES string of the molecule is C=C(/C(=C\C=C/NC)C(C)C)c1ccccc1. The maximum Gasteiger partial charge on any atom is 0.00277 e. The molecule has 1 heteroatoms. The van der Waals surface area contributed by atoms with Crippen LogP contribution in [0.4, 0.5) is 0 Å². The molecule has 1 aromatic rings. The van der Waals surface area contributed by atoms with Gasteiger partial charge in [-0.2, -0.15) is 0 Å². The van der Waals surface area contributed by atoms with Crippen molar-refractivity contribution in [3.05, 3.63) is 66.4 Å². The van der Waals surface area contributed by atoms with Crippen LogP contribution < -0.4 is 5.32 Å². The molecular weight excluding hydrogens is 206 g/mol. The highest BCUT2D eigenvalue weighted by atomic mass is 14.8. The van der Waals surface area contributed by atoms with Gasteiger partial charge in [-0.25, -0.2) is 0 Å². The van der Waals surface area contributed by atoms with Crippen LogP contribution in [0.1, 0.15) is 19.4 Å². The van der Waals surface area contributed by atoms with E-state index in [4.69, 9.17) is 0 Å². The van der Waals surface area contributed by atoms with Crippen LogP contribution in [0.25, 0.3) is 5.57 Å². The second-order valence-electron chi connectivity index (χ2n) is 4.27. The molecule has 0 aromatic heterocycles. The summed E-state index contributed by atoms with van der Waals surface area (Å²) in [5.41, 5.74) is 3.55. The molecule has 1 rings (SSSR count). The van der Waals surface area contributed by atoms with Gasteiger partial charge in [0.1, 0.15) is 0 Å². The van der Waals surface area contributed by atoms with Crippen molar-refractivity contribution in [2.24, 2.45) is 5.92 Å². The summed E-state index contributed by atoms with van der Waals surface area (Å²) in [7, 11) is 1.89. The van der Waals surface area contributed by atoms with Gasteiger partial charge in [-0.1, -0.05) is 56.8 Å². The fourth-order valence-electron chi connectivity index (χ4n) is 1.70. The van der Waals surface area contributed by atoms with Crippen molar-refractivity contribution in [1.82, 2.24) is 5.32 Å². The maximum atomic E-state index is 4.20. The molecule has 0 aliphatic rings. The van der Waals surface area contributed by atoms with Crippen LogP contribution in [-0.2, 0) is 0 Å². The Morgan fingerprint density at radius 2 is 1.88 bits per heavy atom. The van der Waals surface area contributed by atoms with Crippen LogP contribution in [0.3, 0.4) is 0 Å². The van der Waals surface area contributed by atoms with Crippen LogP contribution in [0, 0.1) is 5.92 Å². The van der Waals surface area contributed by atoms with Crippen molar-refractivity contribution in [2.75, 3.05) is 7.05 Å². The molecule has 0 heterocycles. The zero-order chi connectivity index (χ0) is 12.7. The zero-order valence-corrected chi connectivity index (χ0v) is 10.9. The Balaban J connectivity index is 2.97. The second kappa shape index (κ2) is 6.74. The van der Waals surface area contributed by atoms with Crippen LogP contribution in [0.5, 0.6) is 0 Å². The molecule has 0 saturated heterocycles. The first kappa shape index (κ1) is 13.3. The lowest BCUT2D eigenvalue weighted by molar-refractivity contribution is 0.797. The van der Waals surface area contributed by atoms with E-state index in [1.165, 1.54) is 11.1 Å². The highest BCUT2D eigenvalue weighted by Crippen LogP contribution is 2.26. The fourth-order valence-corrected chi connectivity index (χ4v) is 1.70. The normalized spacial score (nSPS) is 12.1. The predicted molar refractivity (Wildman–Crippen MR) is 76.6 cm³/mol. The van der Waals surface area contributed by atoms with Crippen molar-refractivity contribution in [3.8, 4) is 0 Å². The topological polar surface area (TPSA) is 12.0 Å². The third-order valence-corrected chi connectivity index (χ3v) is 2.63. The number of nitrogens with one attached hydrogen (secondary N) is 1. The van der Waals surface area contributed by atoms with Crippen molar-refractivity contribution in [1.29, 1.82) is 0 Å². The molecule has 0 radical (unpaired) electrons. The minimum absolute atomic E-state index is 0.462. The smallest absolute Gasteiger partial charge is 0.00277 e. The summed E-state index contributed by atoms with van der Waals surface area (Å²) in [4.78, 5) is 0. The minimum Gasteiger partial charge on any atom is -0.394 e. The van der Waals surface area contributed by atoms with E-state index in [0.717, 1.165) is 5.57 Å². The summed E-state index contributed by atoms with van der Waals surface area (Å²) in [6.45, 7) is 8.58. The molecule has 0 bridgehead atoms. The Kier molecular flexibility index (Phi) is 5.28. The van der Waals surface area contributed by atoms with Crippen LogP contribution in [0.15, 0.2) is 60.8 Å². The van der Waals surface area contributed by atoms with Crippen LogP contribution >= 0.6 is 0 Å². The molecule has 17 heavy (non-hydrogen) atoms. The molecule has 0 aliphatic carbocycles. The molecule has 0 unspecified atom stereocenters. The molecule has 1 aromatic carbocycles. The molecule has 0 atom stereocenters. The molecule has 0 aliphatic heterocycles. The molecule has 0 spiro atoms. The summed E-state index contributed by atoms with van der Waals surface area (Å²) < 4.78 is 0. The lowest BCUT2D eigenvalue weighted by Crippen LogP contribution is -1.97. The standard InChI is InChI=1S/C16H21N/c1-13(2)16(11-8-12-17-4)14(3)15-9-6-5-7-10-15/h5-13,17H,3H2,1-2,4H3/b12-8-,16-11-. The Bertz CT molecular complexity index is 410. The third-order valence-electron chi connectivity index (χ3n) is 2.63. The highest BCUT2D eigenvalue weighted by molar-refractivity contribution is 5.77. The molecular formula is C16H21N. The summed E-state index contributed by atoms with van der Waals surface area (Å²) in [6, 6.07) is 10.3. The lowest BCUT2D eigenvalue weighted by atomic mass is 9.91. The lowest BCUT2D eigenvalue weighted by Gasteiger charge is -2.14. The van der Waals surface area contributed by atoms with Crippen LogP contribution in [-0.4, -0.2) is 7.05 Å². The first-order valence-corrected chi connectivity index (χ1v) is 5.95. The van der Waals surface area contributed by atoms with Gasteiger partial charge in [-0.15, -0.1) is 0 Å². The van der Waals surface area contributed by atoms with E-state index in [-0.39, 0.29) is 0 Å². The Hall–Kier alpha value is -1.76. The van der Waals surface area contributed by atoms with Gasteiger partial charge in [0, 0.05) is 7.05 Å². The van der Waals surface area contributed by atoms with Gasteiger partial charge in [0.25, 0.3) is 0 Å². The number of hydrogen-bond donors (Lipinski definition) is 1. The van der Waals surface area contributed by atoms with E-state index in [2.05, 4.69) is 44.0 Å². The molecule has 1 N–H and O–H groups in total. The Morgan fingerprint density at radius 1 is 1.24 bits per heavy atom. The average Bonchev–Trinajstić information content (AvgIpc) is 2.34. The molecule has 0 amide bonds. The van der Waals surface area contributed by atoms with Gasteiger partial charge in [0.05, 0.1) is 0 Å². The quantitative estimate of drug-likeness (QED) is 0.749. The van der Waals surface area contributed by atoms with E-state index >= 15 is 0 Å². The van der Waals surface area contributed by atoms with Crippen molar-refractivity contribution >= 4 is 5.57 Å². The number of rotatable bonds is 5. The maximum absolute atomic E-state index is 4.20. The number of benzene rings is 1. The summed E-state index contributed by atoms with van der Waals surface area (Å²) >= 11 is 0. The van der Waals surface area contributed by atoms with Crippen molar-refractivity contribution < 1.29 is 0 Å². The number of allylic oxidation sites excluding steroid dienone is 4. The minimum atomic E-state index is 0.462. The largest absolute Gasteiger partial charge is 0.394 e. The van der Waals surface area contributed by atoms with E-state index in [1.807, 2.05) is 37.5 Å². The van der Waals surface area contributed by atoms with Crippen LogP contribution in [0.2, 0.25) is 0 Å². The summed E-state index contributed by atoms with van der Waals surface area (Å²) in [5.74, 6) is 0.462.